The summed E-state index contributed by atoms with van der Waals surface area (Å²) in [6.45, 7) is 0.719. The number of carbonyl (C=O) groups is 2. The van der Waals surface area contributed by atoms with Crippen molar-refractivity contribution in [2.24, 2.45) is 5.73 Å². The quantitative estimate of drug-likeness (QED) is 0.430. The number of benzene rings is 1. The molecule has 6 rings (SSSR count). The van der Waals surface area contributed by atoms with Crippen LogP contribution in [-0.4, -0.2) is 47.2 Å². The van der Waals surface area contributed by atoms with Crippen molar-refractivity contribution >= 4 is 17.5 Å². The predicted molar refractivity (Wildman–Crippen MR) is 121 cm³/mol. The second kappa shape index (κ2) is 7.90. The van der Waals surface area contributed by atoms with Crippen LogP contribution in [0.15, 0.2) is 65.8 Å². The number of nitrogens with two attached hydrogens (primary N) is 1. The molecular weight excluding hydrogens is 453 g/mol. The summed E-state index contributed by atoms with van der Waals surface area (Å²) in [6.07, 6.45) is 5.17. The lowest BCUT2D eigenvalue weighted by atomic mass is 10.1. The molecular formula is C24H18FN7O3. The average molecular weight is 471 g/mol. The van der Waals surface area contributed by atoms with Crippen LogP contribution in [0.3, 0.4) is 0 Å². The maximum absolute atomic E-state index is 13.5. The number of nitrogens with zero attached hydrogens (tertiary/aromatic N) is 6. The van der Waals surface area contributed by atoms with E-state index in [0.717, 1.165) is 17.1 Å². The Kier molecular flexibility index (Phi) is 4.69. The van der Waals surface area contributed by atoms with E-state index in [4.69, 9.17) is 10.2 Å². The van der Waals surface area contributed by atoms with Crippen LogP contribution in [0.5, 0.6) is 0 Å². The van der Waals surface area contributed by atoms with Gasteiger partial charge in [-0.15, -0.1) is 0 Å². The zero-order valence-corrected chi connectivity index (χ0v) is 18.3. The molecule has 0 spiro atoms. The van der Waals surface area contributed by atoms with Crippen molar-refractivity contribution in [3.63, 3.8) is 0 Å². The molecule has 0 saturated carbocycles. The molecule has 0 saturated heterocycles. The van der Waals surface area contributed by atoms with Gasteiger partial charge in [-0.2, -0.15) is 0 Å². The van der Waals surface area contributed by atoms with Crippen molar-refractivity contribution in [3.05, 3.63) is 90.0 Å². The van der Waals surface area contributed by atoms with Gasteiger partial charge in [-0.05, 0) is 42.5 Å². The standard InChI is InChI=1S/C24H18FN7O3/c25-14-3-5-15(6-4-14)31-12-27-17-11-30(8-7-18(17)31)24(34)16-10-19(20-2-1-9-35-20)32-13-28-21(22(26)33)23(32)29-16/h1-6,9-10,12-13H,7-8,11H2,(H2,26,33). The molecule has 0 bridgehead atoms. The van der Waals surface area contributed by atoms with E-state index in [0.29, 0.717) is 24.4 Å². The molecule has 0 unspecified atom stereocenters. The van der Waals surface area contributed by atoms with Gasteiger partial charge in [0.15, 0.2) is 17.1 Å². The number of rotatable bonds is 4. The Hall–Kier alpha value is -4.80. The van der Waals surface area contributed by atoms with Gasteiger partial charge in [-0.25, -0.2) is 19.3 Å². The highest BCUT2D eigenvalue weighted by molar-refractivity contribution is 5.99. The van der Waals surface area contributed by atoms with E-state index in [-0.39, 0.29) is 35.3 Å². The Morgan fingerprint density at radius 3 is 2.66 bits per heavy atom. The molecule has 5 heterocycles. The fourth-order valence-corrected chi connectivity index (χ4v) is 4.34. The monoisotopic (exact) mass is 471 g/mol. The highest BCUT2D eigenvalue weighted by Gasteiger charge is 2.28. The summed E-state index contributed by atoms with van der Waals surface area (Å²) in [5.41, 5.74) is 8.77. The van der Waals surface area contributed by atoms with Gasteiger partial charge in [-0.3, -0.25) is 14.0 Å². The fraction of sp³-hybridized carbons (Fsp3) is 0.125. The fourth-order valence-electron chi connectivity index (χ4n) is 4.34. The minimum atomic E-state index is -0.746. The number of aromatic nitrogens is 5. The van der Waals surface area contributed by atoms with Crippen molar-refractivity contribution in [1.29, 1.82) is 0 Å². The number of furan rings is 1. The number of halogens is 1. The van der Waals surface area contributed by atoms with Gasteiger partial charge in [-0.1, -0.05) is 0 Å². The Morgan fingerprint density at radius 2 is 1.91 bits per heavy atom. The summed E-state index contributed by atoms with van der Waals surface area (Å²) >= 11 is 0. The number of imidazole rings is 2. The first-order valence-corrected chi connectivity index (χ1v) is 10.8. The molecule has 1 aliphatic heterocycles. The molecule has 2 amide bonds. The lowest BCUT2D eigenvalue weighted by molar-refractivity contribution is 0.0725. The molecule has 2 N–H and O–H groups in total. The minimum absolute atomic E-state index is 0.0357. The second-order valence-corrected chi connectivity index (χ2v) is 8.12. The van der Waals surface area contributed by atoms with Gasteiger partial charge in [0.25, 0.3) is 11.8 Å². The predicted octanol–water partition coefficient (Wildman–Crippen LogP) is 2.61. The first-order chi connectivity index (χ1) is 17.0. The highest BCUT2D eigenvalue weighted by atomic mass is 19.1. The Balaban J connectivity index is 1.36. The van der Waals surface area contributed by atoms with E-state index in [1.165, 1.54) is 24.7 Å². The number of hydrogen-bond acceptors (Lipinski definition) is 6. The smallest absolute Gasteiger partial charge is 0.272 e. The number of carbonyl (C=O) groups excluding carboxylic acids is 2. The van der Waals surface area contributed by atoms with Crippen molar-refractivity contribution < 1.29 is 18.4 Å². The zero-order chi connectivity index (χ0) is 24.1. The summed E-state index contributed by atoms with van der Waals surface area (Å²) in [5.74, 6) is -0.891. The highest BCUT2D eigenvalue weighted by Crippen LogP contribution is 2.26. The van der Waals surface area contributed by atoms with Crippen LogP contribution in [0.4, 0.5) is 4.39 Å². The maximum Gasteiger partial charge on any atom is 0.272 e. The molecule has 11 heteroatoms. The van der Waals surface area contributed by atoms with E-state index < -0.39 is 5.91 Å². The molecule has 0 aliphatic carbocycles. The first-order valence-electron chi connectivity index (χ1n) is 10.8. The number of fused-ring (bicyclic) bond motifs is 2. The molecule has 5 aromatic rings. The molecule has 0 fully saturated rings. The van der Waals surface area contributed by atoms with Crippen LogP contribution in [0.1, 0.15) is 32.4 Å². The lowest BCUT2D eigenvalue weighted by Gasteiger charge is -2.27. The SMILES string of the molecule is NC(=O)c1ncn2c(-c3ccco3)cc(C(=O)N3CCc4c(ncn4-c4ccc(F)cc4)C3)nc12. The average Bonchev–Trinajstić information content (AvgIpc) is 3.62. The molecule has 10 nitrogen and oxygen atoms in total. The Bertz CT molecular complexity index is 1590. The van der Waals surface area contributed by atoms with E-state index in [1.54, 1.807) is 46.0 Å². The molecule has 4 aromatic heterocycles. The van der Waals surface area contributed by atoms with E-state index >= 15 is 0 Å². The third-order valence-corrected chi connectivity index (χ3v) is 6.03. The van der Waals surface area contributed by atoms with Crippen LogP contribution in [-0.2, 0) is 13.0 Å². The van der Waals surface area contributed by atoms with Gasteiger partial charge in [0.2, 0.25) is 0 Å². The molecule has 1 aromatic carbocycles. The minimum Gasteiger partial charge on any atom is -0.463 e. The molecule has 0 atom stereocenters. The van der Waals surface area contributed by atoms with E-state index in [9.17, 15) is 14.0 Å². The van der Waals surface area contributed by atoms with Gasteiger partial charge in [0.1, 0.15) is 17.8 Å². The van der Waals surface area contributed by atoms with E-state index in [1.807, 2.05) is 4.57 Å². The first kappa shape index (κ1) is 20.8. The van der Waals surface area contributed by atoms with Gasteiger partial charge in [0.05, 0.1) is 30.5 Å². The molecule has 35 heavy (non-hydrogen) atoms. The van der Waals surface area contributed by atoms with Crippen LogP contribution < -0.4 is 5.73 Å². The third kappa shape index (κ3) is 3.44. The normalized spacial score (nSPS) is 13.2. The molecule has 1 aliphatic rings. The maximum atomic E-state index is 13.5. The summed E-state index contributed by atoms with van der Waals surface area (Å²) in [4.78, 5) is 40.0. The number of hydrogen-bond donors (Lipinski definition) is 1. The molecule has 0 radical (unpaired) electrons. The number of amides is 2. The van der Waals surface area contributed by atoms with Crippen LogP contribution in [0.2, 0.25) is 0 Å². The van der Waals surface area contributed by atoms with Crippen LogP contribution >= 0.6 is 0 Å². The summed E-state index contributed by atoms with van der Waals surface area (Å²) in [7, 11) is 0. The summed E-state index contributed by atoms with van der Waals surface area (Å²) < 4.78 is 22.3. The van der Waals surface area contributed by atoms with E-state index in [2.05, 4.69) is 15.0 Å². The lowest BCUT2D eigenvalue weighted by Crippen LogP contribution is -2.37. The van der Waals surface area contributed by atoms with Crippen molar-refractivity contribution in [3.8, 4) is 17.1 Å². The van der Waals surface area contributed by atoms with Gasteiger partial charge >= 0.3 is 0 Å². The van der Waals surface area contributed by atoms with Gasteiger partial charge < -0.3 is 19.6 Å². The summed E-state index contributed by atoms with van der Waals surface area (Å²) in [6, 6.07) is 11.2. The van der Waals surface area contributed by atoms with Gasteiger partial charge in [0, 0.05) is 24.3 Å². The Labute approximate surface area is 197 Å². The van der Waals surface area contributed by atoms with Crippen LogP contribution in [0, 0.1) is 5.82 Å². The van der Waals surface area contributed by atoms with Crippen molar-refractivity contribution in [2.45, 2.75) is 13.0 Å². The third-order valence-electron chi connectivity index (χ3n) is 6.03. The molecule has 174 valence electrons. The van der Waals surface area contributed by atoms with Crippen molar-refractivity contribution in [1.82, 2.24) is 28.8 Å². The van der Waals surface area contributed by atoms with Crippen molar-refractivity contribution in [2.75, 3.05) is 6.54 Å². The number of primary amides is 1. The summed E-state index contributed by atoms with van der Waals surface area (Å²) in [5, 5.41) is 0. The van der Waals surface area contributed by atoms with Crippen LogP contribution in [0.25, 0.3) is 22.8 Å². The second-order valence-electron chi connectivity index (χ2n) is 8.12. The zero-order valence-electron chi connectivity index (χ0n) is 18.3. The largest absolute Gasteiger partial charge is 0.463 e. The Morgan fingerprint density at radius 1 is 1.09 bits per heavy atom. The topological polar surface area (TPSA) is 125 Å².